The molecule has 0 bridgehead atoms. The lowest BCUT2D eigenvalue weighted by Gasteiger charge is -2.08. The van der Waals surface area contributed by atoms with Crippen molar-refractivity contribution < 1.29 is 9.53 Å². The van der Waals surface area contributed by atoms with E-state index in [1.54, 1.807) is 18.9 Å². The Bertz CT molecular complexity index is 715. The minimum atomic E-state index is 0.0848. The number of benzene rings is 1. The molecule has 26 heavy (non-hydrogen) atoms. The fourth-order valence-corrected chi connectivity index (χ4v) is 3.92. The van der Waals surface area contributed by atoms with Crippen LogP contribution < -0.4 is 10.1 Å². The lowest BCUT2D eigenvalue weighted by Crippen LogP contribution is -2.26. The smallest absolute Gasteiger partial charge is 0.220 e. The van der Waals surface area contributed by atoms with Gasteiger partial charge >= 0.3 is 0 Å². The van der Waals surface area contributed by atoms with E-state index in [0.717, 1.165) is 47.4 Å². The topological polar surface area (TPSA) is 69.0 Å². The molecular formula is C19H26N4O2S. The van der Waals surface area contributed by atoms with Gasteiger partial charge in [-0.3, -0.25) is 4.79 Å². The van der Waals surface area contributed by atoms with Crippen molar-refractivity contribution in [2.45, 2.75) is 50.0 Å². The van der Waals surface area contributed by atoms with Gasteiger partial charge in [0.1, 0.15) is 17.4 Å². The molecule has 1 aromatic carbocycles. The van der Waals surface area contributed by atoms with Crippen LogP contribution in [0.3, 0.4) is 0 Å². The average molecular weight is 375 g/mol. The molecule has 0 radical (unpaired) electrons. The number of aromatic nitrogens is 3. The first kappa shape index (κ1) is 18.8. The Labute approximate surface area is 158 Å². The van der Waals surface area contributed by atoms with Crippen molar-refractivity contribution in [1.29, 1.82) is 0 Å². The Morgan fingerprint density at radius 2 is 2.08 bits per heavy atom. The van der Waals surface area contributed by atoms with Crippen LogP contribution >= 0.6 is 11.8 Å². The van der Waals surface area contributed by atoms with Crippen LogP contribution in [0.4, 0.5) is 0 Å². The summed E-state index contributed by atoms with van der Waals surface area (Å²) in [7, 11) is 1.66. The summed E-state index contributed by atoms with van der Waals surface area (Å²) >= 11 is 1.68. The first-order valence-electron chi connectivity index (χ1n) is 9.21. The number of nitrogens with zero attached hydrogens (tertiary/aromatic N) is 3. The predicted octanol–water partition coefficient (Wildman–Crippen LogP) is 2.85. The van der Waals surface area contributed by atoms with Crippen molar-refractivity contribution in [3.05, 3.63) is 35.9 Å². The largest absolute Gasteiger partial charge is 0.497 e. The number of ether oxygens (including phenoxy) is 1. The van der Waals surface area contributed by atoms with Gasteiger partial charge in [-0.25, -0.2) is 0 Å². The molecule has 0 fully saturated rings. The third-order valence-corrected chi connectivity index (χ3v) is 5.53. The van der Waals surface area contributed by atoms with E-state index in [9.17, 15) is 4.79 Å². The Kier molecular flexibility index (Phi) is 6.94. The number of rotatable bonds is 8. The number of thioether (sulfide) groups is 1. The number of nitrogens with one attached hydrogen (secondary N) is 1. The van der Waals surface area contributed by atoms with E-state index in [-0.39, 0.29) is 5.91 Å². The number of hydrogen-bond donors (Lipinski definition) is 1. The van der Waals surface area contributed by atoms with Gasteiger partial charge in [-0.05, 0) is 37.1 Å². The normalized spacial score (nSPS) is 13.7. The Morgan fingerprint density at radius 1 is 1.23 bits per heavy atom. The zero-order valence-corrected chi connectivity index (χ0v) is 16.1. The van der Waals surface area contributed by atoms with Crippen molar-refractivity contribution in [2.75, 3.05) is 19.4 Å². The van der Waals surface area contributed by atoms with Crippen LogP contribution in [-0.4, -0.2) is 40.1 Å². The number of carbonyl (C=O) groups excluding carboxylic acids is 1. The van der Waals surface area contributed by atoms with E-state index < -0.39 is 0 Å². The second-order valence-corrected chi connectivity index (χ2v) is 7.54. The number of amides is 1. The molecule has 0 aliphatic carbocycles. The summed E-state index contributed by atoms with van der Waals surface area (Å²) in [5.41, 5.74) is 0. The highest BCUT2D eigenvalue weighted by atomic mass is 32.2. The Hall–Kier alpha value is -2.02. The van der Waals surface area contributed by atoms with Gasteiger partial charge in [0.15, 0.2) is 0 Å². The molecule has 0 spiro atoms. The lowest BCUT2D eigenvalue weighted by atomic mass is 10.2. The van der Waals surface area contributed by atoms with E-state index in [1.165, 1.54) is 19.3 Å². The quantitative estimate of drug-likeness (QED) is 0.720. The van der Waals surface area contributed by atoms with Crippen LogP contribution in [0.2, 0.25) is 0 Å². The van der Waals surface area contributed by atoms with E-state index in [4.69, 9.17) is 4.74 Å². The fourth-order valence-electron chi connectivity index (χ4n) is 3.07. The van der Waals surface area contributed by atoms with Gasteiger partial charge in [0.2, 0.25) is 5.91 Å². The highest BCUT2D eigenvalue weighted by Gasteiger charge is 2.14. The molecule has 2 aromatic rings. The molecule has 1 N–H and O–H groups in total. The molecule has 0 saturated carbocycles. The number of methoxy groups -OCH3 is 1. The van der Waals surface area contributed by atoms with E-state index in [1.807, 2.05) is 24.3 Å². The Balaban J connectivity index is 1.36. The number of fused-ring (bicyclic) bond motifs is 1. The maximum absolute atomic E-state index is 12.0. The fraction of sp³-hybridized carbons (Fsp3) is 0.526. The van der Waals surface area contributed by atoms with Crippen molar-refractivity contribution in [3.63, 3.8) is 0 Å². The molecule has 6 nitrogen and oxygen atoms in total. The molecule has 3 rings (SSSR count). The summed E-state index contributed by atoms with van der Waals surface area (Å²) in [6, 6.07) is 7.89. The monoisotopic (exact) mass is 374 g/mol. The van der Waals surface area contributed by atoms with Gasteiger partial charge in [0.05, 0.1) is 7.11 Å². The molecule has 2 heterocycles. The summed E-state index contributed by atoms with van der Waals surface area (Å²) in [4.78, 5) is 13.2. The van der Waals surface area contributed by atoms with Crippen LogP contribution in [-0.2, 0) is 24.2 Å². The second kappa shape index (κ2) is 9.62. The molecule has 1 aromatic heterocycles. The zero-order chi connectivity index (χ0) is 18.2. The maximum Gasteiger partial charge on any atom is 0.220 e. The van der Waals surface area contributed by atoms with Crippen molar-refractivity contribution in [1.82, 2.24) is 20.1 Å². The first-order chi connectivity index (χ1) is 12.8. The lowest BCUT2D eigenvalue weighted by molar-refractivity contribution is -0.120. The molecule has 0 saturated heterocycles. The zero-order valence-electron chi connectivity index (χ0n) is 15.2. The number of carbonyl (C=O) groups is 1. The van der Waals surface area contributed by atoms with Crippen LogP contribution in [0, 0.1) is 0 Å². The van der Waals surface area contributed by atoms with E-state index in [2.05, 4.69) is 20.1 Å². The van der Waals surface area contributed by atoms with Crippen LogP contribution in [0.1, 0.15) is 37.3 Å². The van der Waals surface area contributed by atoms with Crippen molar-refractivity contribution >= 4 is 17.7 Å². The third-order valence-electron chi connectivity index (χ3n) is 4.51. The Morgan fingerprint density at radius 3 is 2.88 bits per heavy atom. The second-order valence-electron chi connectivity index (χ2n) is 6.37. The minimum Gasteiger partial charge on any atom is -0.497 e. The summed E-state index contributed by atoms with van der Waals surface area (Å²) in [6.07, 6.45) is 5.90. The van der Waals surface area contributed by atoms with Gasteiger partial charge in [-0.2, -0.15) is 0 Å². The van der Waals surface area contributed by atoms with Gasteiger partial charge in [-0.15, -0.1) is 22.0 Å². The van der Waals surface area contributed by atoms with Gasteiger partial charge < -0.3 is 14.6 Å². The van der Waals surface area contributed by atoms with Crippen LogP contribution in [0.15, 0.2) is 29.2 Å². The predicted molar refractivity (Wildman–Crippen MR) is 103 cm³/mol. The minimum absolute atomic E-state index is 0.0848. The van der Waals surface area contributed by atoms with Gasteiger partial charge in [0, 0.05) is 43.0 Å². The van der Waals surface area contributed by atoms with E-state index >= 15 is 0 Å². The van der Waals surface area contributed by atoms with Crippen molar-refractivity contribution in [2.24, 2.45) is 0 Å². The van der Waals surface area contributed by atoms with Gasteiger partial charge in [0.25, 0.3) is 0 Å². The highest BCUT2D eigenvalue weighted by Crippen LogP contribution is 2.21. The molecular weight excluding hydrogens is 348 g/mol. The summed E-state index contributed by atoms with van der Waals surface area (Å²) < 4.78 is 7.38. The van der Waals surface area contributed by atoms with E-state index in [0.29, 0.717) is 13.0 Å². The highest BCUT2D eigenvalue weighted by molar-refractivity contribution is 7.99. The summed E-state index contributed by atoms with van der Waals surface area (Å²) in [5, 5.41) is 11.6. The standard InChI is InChI=1S/C19H26N4O2S/c1-25-15-6-8-16(9-7-15)26-14-11-19(24)20-12-10-18-22-21-17-5-3-2-4-13-23(17)18/h6-9H,2-5,10-14H2,1H3,(H,20,24). The first-order valence-corrected chi connectivity index (χ1v) is 10.2. The molecule has 7 heteroatoms. The van der Waals surface area contributed by atoms with Crippen molar-refractivity contribution in [3.8, 4) is 5.75 Å². The SMILES string of the molecule is COc1ccc(SCCC(=O)NCCc2nnc3n2CCCCC3)cc1. The van der Waals surface area contributed by atoms with Crippen LogP contribution in [0.5, 0.6) is 5.75 Å². The molecule has 0 atom stereocenters. The van der Waals surface area contributed by atoms with Gasteiger partial charge in [-0.1, -0.05) is 6.42 Å². The third kappa shape index (κ3) is 5.24. The average Bonchev–Trinajstić information content (AvgIpc) is 2.89. The summed E-state index contributed by atoms with van der Waals surface area (Å²) in [5.74, 6) is 3.79. The molecule has 0 unspecified atom stereocenters. The summed E-state index contributed by atoms with van der Waals surface area (Å²) in [6.45, 7) is 1.62. The molecule has 1 aliphatic heterocycles. The molecule has 140 valence electrons. The molecule has 1 amide bonds. The number of hydrogen-bond acceptors (Lipinski definition) is 5. The van der Waals surface area contributed by atoms with Crippen LogP contribution in [0.25, 0.3) is 0 Å². The number of aryl methyl sites for hydroxylation is 1. The maximum atomic E-state index is 12.0. The molecule has 1 aliphatic rings.